The third-order valence-corrected chi connectivity index (χ3v) is 4.96. The molecule has 0 saturated carbocycles. The van der Waals surface area contributed by atoms with Crippen LogP contribution in [0.1, 0.15) is 30.3 Å². The highest BCUT2D eigenvalue weighted by molar-refractivity contribution is 5.86. The zero-order valence-electron chi connectivity index (χ0n) is 13.9. The molecule has 6 nitrogen and oxygen atoms in total. The predicted molar refractivity (Wildman–Crippen MR) is 90.7 cm³/mol. The van der Waals surface area contributed by atoms with Crippen LogP contribution in [0.2, 0.25) is 0 Å². The molecule has 0 bridgehead atoms. The SMILES string of the molecule is Cc1ccc(C)n1C1CCN(c2ncnc3c2cnn3C)CC1. The highest BCUT2D eigenvalue weighted by Crippen LogP contribution is 2.30. The third-order valence-electron chi connectivity index (χ3n) is 4.96. The molecule has 0 aromatic carbocycles. The average Bonchev–Trinajstić information content (AvgIpc) is 3.11. The fourth-order valence-corrected chi connectivity index (χ4v) is 3.79. The summed E-state index contributed by atoms with van der Waals surface area (Å²) in [6, 6.07) is 5.02. The van der Waals surface area contributed by atoms with Crippen molar-refractivity contribution < 1.29 is 0 Å². The van der Waals surface area contributed by atoms with Crippen molar-refractivity contribution in [2.75, 3.05) is 18.0 Å². The molecule has 0 aliphatic carbocycles. The van der Waals surface area contributed by atoms with Crippen LogP contribution in [0.15, 0.2) is 24.7 Å². The Morgan fingerprint density at radius 2 is 1.74 bits per heavy atom. The summed E-state index contributed by atoms with van der Waals surface area (Å²) in [5.41, 5.74) is 3.62. The van der Waals surface area contributed by atoms with E-state index >= 15 is 0 Å². The maximum atomic E-state index is 4.52. The summed E-state index contributed by atoms with van der Waals surface area (Å²) in [7, 11) is 1.92. The molecule has 4 rings (SSSR count). The topological polar surface area (TPSA) is 51.8 Å². The summed E-state index contributed by atoms with van der Waals surface area (Å²) in [5.74, 6) is 1.02. The lowest BCUT2D eigenvalue weighted by Gasteiger charge is -2.34. The van der Waals surface area contributed by atoms with Gasteiger partial charge in [-0.15, -0.1) is 0 Å². The van der Waals surface area contributed by atoms with Gasteiger partial charge in [0.15, 0.2) is 5.65 Å². The number of piperidine rings is 1. The van der Waals surface area contributed by atoms with E-state index in [1.165, 1.54) is 11.4 Å². The molecule has 6 heteroatoms. The molecule has 0 unspecified atom stereocenters. The second-order valence-corrected chi connectivity index (χ2v) is 6.41. The molecule has 3 aromatic heterocycles. The van der Waals surface area contributed by atoms with Crippen LogP contribution in [-0.4, -0.2) is 37.4 Å². The maximum Gasteiger partial charge on any atom is 0.163 e. The lowest BCUT2D eigenvalue weighted by atomic mass is 10.0. The van der Waals surface area contributed by atoms with Gasteiger partial charge in [-0.05, 0) is 38.8 Å². The monoisotopic (exact) mass is 310 g/mol. The molecule has 1 aliphatic rings. The van der Waals surface area contributed by atoms with Crippen LogP contribution in [-0.2, 0) is 7.05 Å². The Kier molecular flexibility index (Phi) is 3.32. The second kappa shape index (κ2) is 5.37. The van der Waals surface area contributed by atoms with Crippen molar-refractivity contribution >= 4 is 16.9 Å². The molecule has 4 heterocycles. The Morgan fingerprint density at radius 3 is 2.43 bits per heavy atom. The zero-order valence-corrected chi connectivity index (χ0v) is 13.9. The van der Waals surface area contributed by atoms with Crippen molar-refractivity contribution in [3.8, 4) is 0 Å². The van der Waals surface area contributed by atoms with Crippen molar-refractivity contribution in [3.05, 3.63) is 36.0 Å². The normalized spacial score (nSPS) is 16.4. The molecular formula is C17H22N6. The summed E-state index contributed by atoms with van der Waals surface area (Å²) < 4.78 is 4.29. The van der Waals surface area contributed by atoms with Gasteiger partial charge in [-0.1, -0.05) is 0 Å². The molecule has 0 amide bonds. The van der Waals surface area contributed by atoms with Gasteiger partial charge in [-0.3, -0.25) is 4.68 Å². The van der Waals surface area contributed by atoms with E-state index in [-0.39, 0.29) is 0 Å². The highest BCUT2D eigenvalue weighted by atomic mass is 15.3. The third kappa shape index (κ3) is 2.29. The minimum Gasteiger partial charge on any atom is -0.356 e. The maximum absolute atomic E-state index is 4.52. The van der Waals surface area contributed by atoms with Gasteiger partial charge in [-0.25, -0.2) is 9.97 Å². The van der Waals surface area contributed by atoms with Gasteiger partial charge in [0.05, 0.1) is 11.6 Å². The quantitative estimate of drug-likeness (QED) is 0.730. The van der Waals surface area contributed by atoms with Crippen LogP contribution in [0.3, 0.4) is 0 Å². The fraction of sp³-hybridized carbons (Fsp3) is 0.471. The number of nitrogens with zero attached hydrogens (tertiary/aromatic N) is 6. The minimum absolute atomic E-state index is 0.590. The van der Waals surface area contributed by atoms with E-state index in [1.807, 2.05) is 13.2 Å². The Bertz CT molecular complexity index is 819. The van der Waals surface area contributed by atoms with Crippen molar-refractivity contribution in [3.63, 3.8) is 0 Å². The largest absolute Gasteiger partial charge is 0.356 e. The van der Waals surface area contributed by atoms with Gasteiger partial charge < -0.3 is 9.47 Å². The molecule has 1 fully saturated rings. The molecule has 3 aromatic rings. The second-order valence-electron chi connectivity index (χ2n) is 6.41. The van der Waals surface area contributed by atoms with Crippen LogP contribution in [0.25, 0.3) is 11.0 Å². The van der Waals surface area contributed by atoms with Crippen LogP contribution >= 0.6 is 0 Å². The lowest BCUT2D eigenvalue weighted by Crippen LogP contribution is -2.35. The summed E-state index contributed by atoms with van der Waals surface area (Å²) >= 11 is 0. The first kappa shape index (κ1) is 14.2. The van der Waals surface area contributed by atoms with E-state index in [1.54, 1.807) is 11.0 Å². The summed E-state index contributed by atoms with van der Waals surface area (Å²) in [4.78, 5) is 11.2. The number of anilines is 1. The molecule has 23 heavy (non-hydrogen) atoms. The summed E-state index contributed by atoms with van der Waals surface area (Å²) in [5, 5.41) is 5.36. The van der Waals surface area contributed by atoms with Crippen LogP contribution in [0, 0.1) is 13.8 Å². The van der Waals surface area contributed by atoms with Crippen LogP contribution in [0.5, 0.6) is 0 Å². The van der Waals surface area contributed by atoms with E-state index in [4.69, 9.17) is 0 Å². The Morgan fingerprint density at radius 1 is 1.04 bits per heavy atom. The Labute approximate surface area is 135 Å². The smallest absolute Gasteiger partial charge is 0.163 e. The van der Waals surface area contributed by atoms with Gasteiger partial charge in [0.1, 0.15) is 12.1 Å². The van der Waals surface area contributed by atoms with Crippen molar-refractivity contribution in [1.29, 1.82) is 0 Å². The van der Waals surface area contributed by atoms with E-state index in [9.17, 15) is 0 Å². The molecule has 0 N–H and O–H groups in total. The average molecular weight is 310 g/mol. The Hall–Kier alpha value is -2.37. The number of hydrogen-bond acceptors (Lipinski definition) is 4. The number of hydrogen-bond donors (Lipinski definition) is 0. The molecule has 1 saturated heterocycles. The Balaban J connectivity index is 1.57. The van der Waals surface area contributed by atoms with E-state index in [2.05, 4.69) is 50.5 Å². The summed E-state index contributed by atoms with van der Waals surface area (Å²) in [6.07, 6.45) is 5.80. The van der Waals surface area contributed by atoms with Crippen LogP contribution in [0.4, 0.5) is 5.82 Å². The van der Waals surface area contributed by atoms with Gasteiger partial charge in [0.2, 0.25) is 0 Å². The van der Waals surface area contributed by atoms with E-state index in [0.717, 1.165) is 42.8 Å². The van der Waals surface area contributed by atoms with E-state index < -0.39 is 0 Å². The molecule has 1 aliphatic heterocycles. The molecule has 0 spiro atoms. The number of aryl methyl sites for hydroxylation is 3. The van der Waals surface area contributed by atoms with Crippen molar-refractivity contribution in [2.24, 2.45) is 7.05 Å². The summed E-state index contributed by atoms with van der Waals surface area (Å²) in [6.45, 7) is 6.43. The number of fused-ring (bicyclic) bond motifs is 1. The van der Waals surface area contributed by atoms with E-state index in [0.29, 0.717) is 6.04 Å². The number of rotatable bonds is 2. The highest BCUT2D eigenvalue weighted by Gasteiger charge is 2.24. The minimum atomic E-state index is 0.590. The molecule has 0 radical (unpaired) electrons. The standard InChI is InChI=1S/C17H22N6/c1-12-4-5-13(2)23(12)14-6-8-22(9-7-14)17-15-10-20-21(3)16(15)18-11-19-17/h4-5,10-11,14H,6-9H2,1-3H3. The first-order valence-corrected chi connectivity index (χ1v) is 8.17. The van der Waals surface area contributed by atoms with Gasteiger partial charge in [0.25, 0.3) is 0 Å². The van der Waals surface area contributed by atoms with Gasteiger partial charge in [0, 0.05) is 37.6 Å². The van der Waals surface area contributed by atoms with Crippen molar-refractivity contribution in [1.82, 2.24) is 24.3 Å². The predicted octanol–water partition coefficient (Wildman–Crippen LogP) is 2.62. The lowest BCUT2D eigenvalue weighted by molar-refractivity contribution is 0.386. The van der Waals surface area contributed by atoms with Gasteiger partial charge >= 0.3 is 0 Å². The molecular weight excluding hydrogens is 288 g/mol. The fourth-order valence-electron chi connectivity index (χ4n) is 3.79. The number of aromatic nitrogens is 5. The van der Waals surface area contributed by atoms with Crippen molar-refractivity contribution in [2.45, 2.75) is 32.7 Å². The molecule has 0 atom stereocenters. The van der Waals surface area contributed by atoms with Crippen LogP contribution < -0.4 is 4.90 Å². The molecule has 120 valence electrons. The first-order chi connectivity index (χ1) is 11.1. The zero-order chi connectivity index (χ0) is 16.0. The first-order valence-electron chi connectivity index (χ1n) is 8.17. The van der Waals surface area contributed by atoms with Gasteiger partial charge in [-0.2, -0.15) is 5.10 Å².